The fourth-order valence-corrected chi connectivity index (χ4v) is 2.80. The molecule has 2 rings (SSSR count). The number of likely N-dealkylation sites (tertiary alicyclic amines) is 1. The van der Waals surface area contributed by atoms with Gasteiger partial charge in [-0.05, 0) is 57.5 Å². The van der Waals surface area contributed by atoms with Crippen LogP contribution in [0.3, 0.4) is 0 Å². The van der Waals surface area contributed by atoms with Crippen molar-refractivity contribution in [1.82, 2.24) is 15.2 Å². The lowest BCUT2D eigenvalue weighted by molar-refractivity contribution is -0.119. The topological polar surface area (TPSA) is 72.3 Å². The number of likely N-dealkylation sites (N-methyl/N-ethyl adjacent to an activating group) is 1. The van der Waals surface area contributed by atoms with E-state index in [0.717, 1.165) is 32.0 Å². The van der Waals surface area contributed by atoms with Gasteiger partial charge in [0.25, 0.3) is 0 Å². The lowest BCUT2D eigenvalue weighted by atomic mass is 9.94. The molecule has 0 atom stereocenters. The molecule has 0 aliphatic carbocycles. The fourth-order valence-electron chi connectivity index (χ4n) is 2.80. The first-order valence-corrected chi connectivity index (χ1v) is 8.11. The average molecular weight is 315 g/mol. The van der Waals surface area contributed by atoms with E-state index in [-0.39, 0.29) is 12.5 Å². The van der Waals surface area contributed by atoms with Crippen LogP contribution in [0, 0.1) is 17.2 Å². The number of piperidine rings is 1. The van der Waals surface area contributed by atoms with Crippen LogP contribution < -0.4 is 10.2 Å². The molecule has 1 fully saturated rings. The van der Waals surface area contributed by atoms with E-state index in [4.69, 9.17) is 5.26 Å². The predicted molar refractivity (Wildman–Crippen MR) is 90.1 cm³/mol. The minimum Gasteiger partial charge on any atom is -0.355 e. The number of rotatable bonds is 6. The molecule has 0 aromatic carbocycles. The molecule has 0 radical (unpaired) electrons. The second kappa shape index (κ2) is 8.49. The smallest absolute Gasteiger partial charge is 0.239 e. The van der Waals surface area contributed by atoms with Gasteiger partial charge in [-0.3, -0.25) is 4.79 Å². The number of hydrogen-bond acceptors (Lipinski definition) is 5. The number of pyridine rings is 1. The minimum absolute atomic E-state index is 0.00610. The van der Waals surface area contributed by atoms with Crippen LogP contribution >= 0.6 is 0 Å². The zero-order valence-corrected chi connectivity index (χ0v) is 14.0. The van der Waals surface area contributed by atoms with Gasteiger partial charge in [0, 0.05) is 19.8 Å². The summed E-state index contributed by atoms with van der Waals surface area (Å²) in [6.45, 7) is 3.32. The summed E-state index contributed by atoms with van der Waals surface area (Å²) in [5.74, 6) is 1.42. The summed E-state index contributed by atoms with van der Waals surface area (Å²) in [7, 11) is 3.98. The standard InChI is InChI=1S/C17H25N5O/c1-21-9-6-14(7-10-21)5-8-19-17(23)13-22(2)16-4-3-15(11-18)12-20-16/h3-4,12,14H,5-10,13H2,1-2H3,(H,19,23). The number of aromatic nitrogens is 1. The van der Waals surface area contributed by atoms with Gasteiger partial charge in [0.2, 0.25) is 5.91 Å². The zero-order chi connectivity index (χ0) is 16.7. The molecule has 1 amide bonds. The first-order chi connectivity index (χ1) is 11.1. The number of carbonyl (C=O) groups is 1. The monoisotopic (exact) mass is 315 g/mol. The van der Waals surface area contributed by atoms with Gasteiger partial charge in [0.15, 0.2) is 0 Å². The number of amides is 1. The van der Waals surface area contributed by atoms with Crippen molar-refractivity contribution in [2.45, 2.75) is 19.3 Å². The highest BCUT2D eigenvalue weighted by molar-refractivity contribution is 5.80. The number of hydrogen-bond donors (Lipinski definition) is 1. The lowest BCUT2D eigenvalue weighted by Crippen LogP contribution is -2.37. The van der Waals surface area contributed by atoms with E-state index in [0.29, 0.717) is 11.4 Å². The van der Waals surface area contributed by atoms with E-state index in [9.17, 15) is 4.79 Å². The third kappa shape index (κ3) is 5.53. The highest BCUT2D eigenvalue weighted by atomic mass is 16.2. The van der Waals surface area contributed by atoms with Crippen molar-refractivity contribution in [3.63, 3.8) is 0 Å². The number of carbonyl (C=O) groups excluding carboxylic acids is 1. The first kappa shape index (κ1) is 17.2. The molecule has 1 saturated heterocycles. The van der Waals surface area contributed by atoms with Gasteiger partial charge >= 0.3 is 0 Å². The molecule has 2 heterocycles. The quantitative estimate of drug-likeness (QED) is 0.855. The Morgan fingerprint density at radius 3 is 2.83 bits per heavy atom. The Labute approximate surface area is 138 Å². The van der Waals surface area contributed by atoms with Gasteiger partial charge in [-0.15, -0.1) is 0 Å². The van der Waals surface area contributed by atoms with E-state index >= 15 is 0 Å². The second-order valence-electron chi connectivity index (χ2n) is 6.26. The van der Waals surface area contributed by atoms with Crippen molar-refractivity contribution >= 4 is 11.7 Å². The van der Waals surface area contributed by atoms with Crippen LogP contribution in [0.4, 0.5) is 5.82 Å². The van der Waals surface area contributed by atoms with Gasteiger partial charge in [-0.2, -0.15) is 5.26 Å². The number of nitrogens with zero attached hydrogens (tertiary/aromatic N) is 4. The average Bonchev–Trinajstić information content (AvgIpc) is 2.56. The van der Waals surface area contributed by atoms with E-state index in [2.05, 4.69) is 22.2 Å². The SMILES string of the molecule is CN1CCC(CCNC(=O)CN(C)c2ccc(C#N)cn2)CC1. The lowest BCUT2D eigenvalue weighted by Gasteiger charge is -2.29. The van der Waals surface area contributed by atoms with Crippen molar-refractivity contribution in [2.24, 2.45) is 5.92 Å². The molecule has 1 aromatic rings. The summed E-state index contributed by atoms with van der Waals surface area (Å²) in [5.41, 5.74) is 0.518. The van der Waals surface area contributed by atoms with Crippen LogP contribution in [-0.4, -0.2) is 56.1 Å². The van der Waals surface area contributed by atoms with Gasteiger partial charge in [0.05, 0.1) is 12.1 Å². The van der Waals surface area contributed by atoms with E-state index in [1.165, 1.54) is 19.0 Å². The summed E-state index contributed by atoms with van der Waals surface area (Å²) in [5, 5.41) is 11.8. The number of anilines is 1. The Morgan fingerprint density at radius 1 is 1.48 bits per heavy atom. The van der Waals surface area contributed by atoms with Crippen LogP contribution in [0.1, 0.15) is 24.8 Å². The maximum absolute atomic E-state index is 12.0. The van der Waals surface area contributed by atoms with Crippen molar-refractivity contribution in [1.29, 1.82) is 5.26 Å². The van der Waals surface area contributed by atoms with Gasteiger partial charge in [0.1, 0.15) is 11.9 Å². The molecule has 1 aromatic heterocycles. The Bertz CT molecular complexity index is 543. The highest BCUT2D eigenvalue weighted by Crippen LogP contribution is 2.18. The molecule has 1 aliphatic heterocycles. The van der Waals surface area contributed by atoms with Gasteiger partial charge in [-0.25, -0.2) is 4.98 Å². The first-order valence-electron chi connectivity index (χ1n) is 8.11. The predicted octanol–water partition coefficient (Wildman–Crippen LogP) is 1.24. The van der Waals surface area contributed by atoms with Crippen LogP contribution in [-0.2, 0) is 4.79 Å². The molecule has 6 nitrogen and oxygen atoms in total. The molecule has 0 saturated carbocycles. The molecular formula is C17H25N5O. The molecule has 1 N–H and O–H groups in total. The summed E-state index contributed by atoms with van der Waals surface area (Å²) < 4.78 is 0. The Morgan fingerprint density at radius 2 is 2.22 bits per heavy atom. The van der Waals surface area contributed by atoms with Crippen LogP contribution in [0.5, 0.6) is 0 Å². The third-order valence-corrected chi connectivity index (χ3v) is 4.36. The number of nitriles is 1. The zero-order valence-electron chi connectivity index (χ0n) is 14.0. The molecule has 23 heavy (non-hydrogen) atoms. The maximum atomic E-state index is 12.0. The summed E-state index contributed by atoms with van der Waals surface area (Å²) >= 11 is 0. The van der Waals surface area contributed by atoms with Gasteiger partial charge in [-0.1, -0.05) is 0 Å². The third-order valence-electron chi connectivity index (χ3n) is 4.36. The van der Waals surface area contributed by atoms with Crippen LogP contribution in [0.2, 0.25) is 0 Å². The Kier molecular flexibility index (Phi) is 6.36. The molecule has 1 aliphatic rings. The molecule has 0 bridgehead atoms. The van der Waals surface area contributed by atoms with Crippen molar-refractivity contribution < 1.29 is 4.79 Å². The van der Waals surface area contributed by atoms with Gasteiger partial charge < -0.3 is 15.1 Å². The Balaban J connectivity index is 1.68. The molecule has 0 unspecified atom stereocenters. The van der Waals surface area contributed by atoms with Crippen molar-refractivity contribution in [3.05, 3.63) is 23.9 Å². The largest absolute Gasteiger partial charge is 0.355 e. The number of nitrogens with one attached hydrogen (secondary N) is 1. The van der Waals surface area contributed by atoms with Crippen molar-refractivity contribution in [3.8, 4) is 6.07 Å². The normalized spacial score (nSPS) is 15.9. The summed E-state index contributed by atoms with van der Waals surface area (Å²) in [6.07, 6.45) is 5.02. The van der Waals surface area contributed by atoms with Crippen molar-refractivity contribution in [2.75, 3.05) is 45.2 Å². The maximum Gasteiger partial charge on any atom is 0.239 e. The molecule has 124 valence electrons. The van der Waals surface area contributed by atoms with E-state index < -0.39 is 0 Å². The highest BCUT2D eigenvalue weighted by Gasteiger charge is 2.16. The summed E-state index contributed by atoms with van der Waals surface area (Å²) in [4.78, 5) is 20.3. The minimum atomic E-state index is 0.00610. The second-order valence-corrected chi connectivity index (χ2v) is 6.26. The van der Waals surface area contributed by atoms with Crippen LogP contribution in [0.25, 0.3) is 0 Å². The van der Waals surface area contributed by atoms with E-state index in [1.54, 1.807) is 17.0 Å². The fraction of sp³-hybridized carbons (Fsp3) is 0.588. The Hall–Kier alpha value is -2.13. The van der Waals surface area contributed by atoms with Crippen LogP contribution in [0.15, 0.2) is 18.3 Å². The van der Waals surface area contributed by atoms with E-state index in [1.807, 2.05) is 13.1 Å². The molecule has 0 spiro atoms. The molecular weight excluding hydrogens is 290 g/mol. The molecule has 6 heteroatoms. The summed E-state index contributed by atoms with van der Waals surface area (Å²) in [6, 6.07) is 5.49.